The Morgan fingerprint density at radius 1 is 1.11 bits per heavy atom. The molecule has 1 aromatic rings. The predicted molar refractivity (Wildman–Crippen MR) is 213 cm³/mol. The Morgan fingerprint density at radius 2 is 1.89 bits per heavy atom. The molecule has 5 aliphatic rings. The molecule has 286 valence electrons. The van der Waals surface area contributed by atoms with Gasteiger partial charge in [0.1, 0.15) is 6.29 Å². The number of aliphatic hydroxyl groups excluding tert-OH is 2. The normalized spacial score (nSPS) is 37.8. The van der Waals surface area contributed by atoms with Gasteiger partial charge in [-0.3, -0.25) is 4.79 Å². The lowest BCUT2D eigenvalue weighted by Gasteiger charge is -2.68. The van der Waals surface area contributed by atoms with Crippen LogP contribution in [0, 0.1) is 34.5 Å². The molecule has 1 aliphatic heterocycles. The van der Waals surface area contributed by atoms with E-state index in [-0.39, 0.29) is 31.0 Å². The van der Waals surface area contributed by atoms with Crippen LogP contribution in [-0.4, -0.2) is 77.3 Å². The average molecular weight is 723 g/mol. The van der Waals surface area contributed by atoms with Crippen molar-refractivity contribution < 1.29 is 25.2 Å². The highest BCUT2D eigenvalue weighted by Gasteiger charge is 2.77. The molecule has 0 unspecified atom stereocenters. The van der Waals surface area contributed by atoms with Gasteiger partial charge in [0.15, 0.2) is 0 Å². The number of hydrogen-bond donors (Lipinski definition) is 6. The van der Waals surface area contributed by atoms with Crippen molar-refractivity contribution in [1.82, 2.24) is 10.6 Å². The van der Waals surface area contributed by atoms with Gasteiger partial charge >= 0.3 is 0 Å². The molecule has 1 aromatic carbocycles. The summed E-state index contributed by atoms with van der Waals surface area (Å²) in [6.07, 6.45) is 22.4. The summed E-state index contributed by atoms with van der Waals surface area (Å²) in [5.41, 5.74) is 2.78. The average Bonchev–Trinajstić information content (AvgIpc) is 3.46. The summed E-state index contributed by atoms with van der Waals surface area (Å²) in [5.74, 6) is -0.789. The number of carbonyl (C=O) groups excluding carboxylic acids is 1. The van der Waals surface area contributed by atoms with E-state index >= 15 is 0 Å². The summed E-state index contributed by atoms with van der Waals surface area (Å²) in [6.45, 7) is 11.9. The van der Waals surface area contributed by atoms with Gasteiger partial charge in [-0.2, -0.15) is 0 Å². The first-order valence-electron chi connectivity index (χ1n) is 19.8. The van der Waals surface area contributed by atoms with Gasteiger partial charge in [-0.1, -0.05) is 96.2 Å². The first-order valence-corrected chi connectivity index (χ1v) is 19.8. The smallest absolute Gasteiger partial charge is 0.145 e. The van der Waals surface area contributed by atoms with Crippen molar-refractivity contribution in [2.45, 2.75) is 89.4 Å². The molecule has 0 saturated heterocycles. The van der Waals surface area contributed by atoms with Gasteiger partial charge in [0, 0.05) is 47.8 Å². The summed E-state index contributed by atoms with van der Waals surface area (Å²) in [5, 5.41) is 54.5. The molecule has 0 radical (unpaired) electrons. The minimum absolute atomic E-state index is 0.0650. The summed E-state index contributed by atoms with van der Waals surface area (Å²) < 4.78 is 0. The van der Waals surface area contributed by atoms with Crippen LogP contribution in [0.2, 0.25) is 0 Å². The fraction of sp³-hybridized carbons (Fsp3) is 0.543. The molecule has 2 saturated carbocycles. The Morgan fingerprint density at radius 3 is 2.60 bits per heavy atom. The van der Waals surface area contributed by atoms with E-state index in [1.807, 2.05) is 44.4 Å². The summed E-state index contributed by atoms with van der Waals surface area (Å²) in [6, 6.07) is 9.27. The molecule has 4 bridgehead atoms. The second kappa shape index (κ2) is 15.9. The number of allylic oxidation sites excluding steroid dienone is 10. The third kappa shape index (κ3) is 6.98. The van der Waals surface area contributed by atoms with Crippen molar-refractivity contribution in [2.75, 3.05) is 33.4 Å². The van der Waals surface area contributed by atoms with Crippen molar-refractivity contribution in [3.63, 3.8) is 0 Å². The maximum absolute atomic E-state index is 13.3. The Labute approximate surface area is 317 Å². The van der Waals surface area contributed by atoms with Crippen LogP contribution in [0.15, 0.2) is 107 Å². The van der Waals surface area contributed by atoms with Crippen molar-refractivity contribution in [3.05, 3.63) is 118 Å². The minimum Gasteiger partial charge on any atom is -0.396 e. The SMILES string of the molecule is C=C(C=CC=C(CO)[C@H]1CC[C@@]23[C@H]4C(=C(C)C=O)[C@H](C=C[C@]4(CCO)C=C[C@@]12O)C[C@]3(O)CCNC)[C@@H]1CC=C(C)CN[C@H](C)Cc2cccc(c2)C1. The fourth-order valence-corrected chi connectivity index (χ4v) is 11.1. The maximum Gasteiger partial charge on any atom is 0.145 e. The minimum atomic E-state index is -1.50. The molecule has 7 nitrogen and oxygen atoms in total. The van der Waals surface area contributed by atoms with E-state index in [0.29, 0.717) is 55.8 Å². The summed E-state index contributed by atoms with van der Waals surface area (Å²) in [7, 11) is 1.87. The molecule has 1 spiro atoms. The lowest BCUT2D eigenvalue weighted by Crippen LogP contribution is -2.72. The van der Waals surface area contributed by atoms with E-state index in [9.17, 15) is 25.2 Å². The number of aliphatic hydroxyl groups is 4. The molecule has 6 N–H and O–H groups in total. The molecule has 4 aliphatic carbocycles. The maximum atomic E-state index is 13.3. The van der Waals surface area contributed by atoms with E-state index in [0.717, 1.165) is 43.2 Å². The highest BCUT2D eigenvalue weighted by atomic mass is 16.3. The Kier molecular flexibility index (Phi) is 11.9. The Balaban J connectivity index is 1.36. The van der Waals surface area contributed by atoms with Gasteiger partial charge in [-0.05, 0) is 114 Å². The monoisotopic (exact) mass is 722 g/mol. The highest BCUT2D eigenvalue weighted by Crippen LogP contribution is 2.75. The number of carbonyl (C=O) groups is 1. The van der Waals surface area contributed by atoms with Gasteiger partial charge in [-0.15, -0.1) is 0 Å². The predicted octanol–water partition coefficient (Wildman–Crippen LogP) is 5.88. The van der Waals surface area contributed by atoms with Crippen LogP contribution < -0.4 is 10.6 Å². The lowest BCUT2D eigenvalue weighted by atomic mass is 9.37. The zero-order chi connectivity index (χ0) is 38.0. The molecule has 53 heavy (non-hydrogen) atoms. The number of fused-ring (bicyclic) bond motifs is 3. The number of aldehydes is 1. The number of rotatable bonds is 11. The quantitative estimate of drug-likeness (QED) is 0.0731. The second-order valence-electron chi connectivity index (χ2n) is 16.9. The number of hydrogen-bond acceptors (Lipinski definition) is 7. The Hall–Kier alpha value is -3.17. The molecule has 0 aromatic heterocycles. The molecule has 9 atom stereocenters. The van der Waals surface area contributed by atoms with Crippen LogP contribution in [0.4, 0.5) is 0 Å². The zero-order valence-corrected chi connectivity index (χ0v) is 32.3. The van der Waals surface area contributed by atoms with Crippen LogP contribution in [0.5, 0.6) is 0 Å². The third-order valence-electron chi connectivity index (χ3n) is 13.7. The van der Waals surface area contributed by atoms with Crippen molar-refractivity contribution >= 4 is 6.29 Å². The van der Waals surface area contributed by atoms with E-state index < -0.39 is 27.9 Å². The van der Waals surface area contributed by atoms with Crippen molar-refractivity contribution in [2.24, 2.45) is 34.5 Å². The van der Waals surface area contributed by atoms with Crippen LogP contribution >= 0.6 is 0 Å². The van der Waals surface area contributed by atoms with Gasteiger partial charge < -0.3 is 31.1 Å². The molecule has 1 heterocycles. The molecule has 7 heteroatoms. The number of nitrogens with one attached hydrogen (secondary N) is 2. The van der Waals surface area contributed by atoms with Gasteiger partial charge in [-0.25, -0.2) is 0 Å². The van der Waals surface area contributed by atoms with Gasteiger partial charge in [0.2, 0.25) is 0 Å². The van der Waals surface area contributed by atoms with Crippen LogP contribution in [-0.2, 0) is 17.6 Å². The standard InChI is InChI=1S/C46H62N2O5/c1-31-12-13-37(26-36-10-7-9-35(25-36)24-34(4)48-28-31)32(2)8-6-11-39(30-51)40-15-17-45-42-41(33(3)29-50)38(27-44(45,52)20-22-47-5)14-16-43(42,21-23-49)18-19-46(40,45)53/h6-12,14,16,18-19,25,29,34,37-38,40,42,47-49,51-53H,2,13,15,17,20-24,26-28,30H2,1,3-5H3/t34-,37-,38-,40-,42+,43-,44-,45+,46-/m1/s1. The molecule has 6 rings (SSSR count). The molecule has 2 fully saturated rings. The summed E-state index contributed by atoms with van der Waals surface area (Å²) >= 11 is 0. The molecule has 0 amide bonds. The van der Waals surface area contributed by atoms with Gasteiger partial charge in [0.25, 0.3) is 0 Å². The molecular formula is C46H62N2O5. The third-order valence-corrected chi connectivity index (χ3v) is 13.7. The van der Waals surface area contributed by atoms with E-state index in [4.69, 9.17) is 0 Å². The van der Waals surface area contributed by atoms with Crippen molar-refractivity contribution in [3.8, 4) is 0 Å². The second-order valence-corrected chi connectivity index (χ2v) is 16.9. The van der Waals surface area contributed by atoms with Crippen LogP contribution in [0.3, 0.4) is 0 Å². The summed E-state index contributed by atoms with van der Waals surface area (Å²) in [4.78, 5) is 12.4. The largest absolute Gasteiger partial charge is 0.396 e. The van der Waals surface area contributed by atoms with Crippen LogP contribution in [0.1, 0.15) is 70.4 Å². The first-order chi connectivity index (χ1) is 25.4. The lowest BCUT2D eigenvalue weighted by molar-refractivity contribution is -0.233. The topological polar surface area (TPSA) is 122 Å². The van der Waals surface area contributed by atoms with Crippen LogP contribution in [0.25, 0.3) is 0 Å². The Bertz CT molecular complexity index is 1740. The number of benzene rings is 1. The zero-order valence-electron chi connectivity index (χ0n) is 32.3. The molecular weight excluding hydrogens is 661 g/mol. The van der Waals surface area contributed by atoms with E-state index in [2.05, 4.69) is 73.6 Å². The fourth-order valence-electron chi connectivity index (χ4n) is 11.1. The van der Waals surface area contributed by atoms with E-state index in [1.54, 1.807) is 0 Å². The first kappa shape index (κ1) is 39.5. The highest BCUT2D eigenvalue weighted by molar-refractivity contribution is 5.75. The van der Waals surface area contributed by atoms with Gasteiger partial charge in [0.05, 0.1) is 17.8 Å². The van der Waals surface area contributed by atoms with Crippen molar-refractivity contribution in [1.29, 1.82) is 0 Å². The van der Waals surface area contributed by atoms with E-state index in [1.165, 1.54) is 16.7 Å².